The maximum Gasteiger partial charge on any atom is 0.343 e. The van der Waals surface area contributed by atoms with Crippen molar-refractivity contribution in [3.63, 3.8) is 0 Å². The molecule has 47 heavy (non-hydrogen) atoms. The van der Waals surface area contributed by atoms with Crippen molar-refractivity contribution in [3.8, 4) is 11.5 Å². The van der Waals surface area contributed by atoms with Gasteiger partial charge in [0.25, 0.3) is 0 Å². The van der Waals surface area contributed by atoms with E-state index in [2.05, 4.69) is 0 Å². The molecular formula is C35H40N2O9S. The lowest BCUT2D eigenvalue weighted by Crippen LogP contribution is -2.32. The minimum atomic E-state index is -0.824. The highest BCUT2D eigenvalue weighted by molar-refractivity contribution is 8.00. The number of amides is 1. The van der Waals surface area contributed by atoms with Crippen LogP contribution in [0.25, 0.3) is 0 Å². The van der Waals surface area contributed by atoms with Crippen LogP contribution in [0.1, 0.15) is 67.1 Å². The largest absolute Gasteiger partial charge is 0.496 e. The van der Waals surface area contributed by atoms with Crippen molar-refractivity contribution in [2.24, 2.45) is 5.73 Å². The highest BCUT2D eigenvalue weighted by atomic mass is 32.2. The zero-order valence-corrected chi connectivity index (χ0v) is 28.3. The molecule has 0 bridgehead atoms. The van der Waals surface area contributed by atoms with Crippen LogP contribution in [-0.2, 0) is 48.2 Å². The van der Waals surface area contributed by atoms with Gasteiger partial charge in [-0.25, -0.2) is 4.79 Å². The van der Waals surface area contributed by atoms with E-state index in [0.717, 1.165) is 5.56 Å². The van der Waals surface area contributed by atoms with Crippen LogP contribution in [0.5, 0.6) is 11.5 Å². The molecule has 0 spiro atoms. The highest BCUT2D eigenvalue weighted by Gasteiger charge is 2.38. The Bertz CT molecular complexity index is 1650. The Hall–Kier alpha value is -4.55. The standard InChI is InChI=1S/C35H40N2O9S/c1-35(2,3)46-34(41)30-25(42-4)16-15-24-33(30)47-32-23(18-29(40)45-20-21-11-8-7-9-12-21)26(43-5)17-22(19-36)31(32)37(24)27(38)13-10-14-28(39)44-6/h7-9,11-12,15-17H,10,13-14,18-20,36H2,1-6H3. The van der Waals surface area contributed by atoms with Crippen molar-refractivity contribution in [1.29, 1.82) is 0 Å². The zero-order chi connectivity index (χ0) is 34.3. The lowest BCUT2D eigenvalue weighted by Gasteiger charge is -2.36. The Morgan fingerprint density at radius 3 is 2.19 bits per heavy atom. The molecule has 4 rings (SSSR count). The molecule has 0 aliphatic carbocycles. The average molecular weight is 665 g/mol. The normalized spacial score (nSPS) is 12.0. The molecule has 0 aromatic heterocycles. The third kappa shape index (κ3) is 8.25. The van der Waals surface area contributed by atoms with Crippen molar-refractivity contribution in [1.82, 2.24) is 0 Å². The van der Waals surface area contributed by atoms with Crippen molar-refractivity contribution < 1.29 is 42.9 Å². The van der Waals surface area contributed by atoms with Gasteiger partial charge in [0.15, 0.2) is 0 Å². The summed E-state index contributed by atoms with van der Waals surface area (Å²) in [5.41, 5.74) is 8.27. The monoisotopic (exact) mass is 664 g/mol. The molecular weight excluding hydrogens is 624 g/mol. The number of rotatable bonds is 12. The molecule has 0 radical (unpaired) electrons. The number of hydrogen-bond acceptors (Lipinski definition) is 11. The Morgan fingerprint density at radius 2 is 1.57 bits per heavy atom. The first-order chi connectivity index (χ1) is 22.4. The van der Waals surface area contributed by atoms with Crippen LogP contribution in [-0.4, -0.2) is 50.7 Å². The predicted octanol–water partition coefficient (Wildman–Crippen LogP) is 5.88. The second kappa shape index (κ2) is 15.4. The van der Waals surface area contributed by atoms with Gasteiger partial charge in [-0.15, -0.1) is 0 Å². The molecule has 250 valence electrons. The zero-order valence-electron chi connectivity index (χ0n) is 27.5. The van der Waals surface area contributed by atoms with Gasteiger partial charge < -0.3 is 29.4 Å². The number of benzene rings is 3. The van der Waals surface area contributed by atoms with Crippen LogP contribution >= 0.6 is 11.8 Å². The number of ether oxygens (including phenoxy) is 5. The minimum absolute atomic E-state index is 0.0169. The van der Waals surface area contributed by atoms with Crippen LogP contribution in [0.3, 0.4) is 0 Å². The second-order valence-electron chi connectivity index (χ2n) is 11.7. The van der Waals surface area contributed by atoms with Crippen molar-refractivity contribution in [3.05, 3.63) is 70.8 Å². The smallest absolute Gasteiger partial charge is 0.343 e. The molecule has 2 N–H and O–H groups in total. The van der Waals surface area contributed by atoms with Crippen LogP contribution < -0.4 is 20.1 Å². The lowest BCUT2D eigenvalue weighted by molar-refractivity contribution is -0.144. The summed E-state index contributed by atoms with van der Waals surface area (Å²) < 4.78 is 27.5. The summed E-state index contributed by atoms with van der Waals surface area (Å²) in [7, 11) is 4.21. The summed E-state index contributed by atoms with van der Waals surface area (Å²) in [6, 6.07) is 14.3. The van der Waals surface area contributed by atoms with E-state index in [1.54, 1.807) is 39.0 Å². The number of esters is 3. The Labute approximate surface area is 278 Å². The molecule has 1 aliphatic heterocycles. The molecule has 0 unspecified atom stereocenters. The Morgan fingerprint density at radius 1 is 0.872 bits per heavy atom. The van der Waals surface area contributed by atoms with Crippen LogP contribution in [0, 0.1) is 0 Å². The molecule has 1 amide bonds. The number of anilines is 2. The first kappa shape index (κ1) is 35.3. The quantitative estimate of drug-likeness (QED) is 0.183. The van der Waals surface area contributed by atoms with Crippen molar-refractivity contribution >= 4 is 47.0 Å². The van der Waals surface area contributed by atoms with Crippen molar-refractivity contribution in [2.45, 2.75) is 75.0 Å². The average Bonchev–Trinajstić information content (AvgIpc) is 3.05. The molecule has 3 aromatic carbocycles. The van der Waals surface area contributed by atoms with E-state index in [9.17, 15) is 19.2 Å². The van der Waals surface area contributed by atoms with Gasteiger partial charge in [-0.1, -0.05) is 42.1 Å². The number of carbonyl (C=O) groups excluding carboxylic acids is 4. The summed E-state index contributed by atoms with van der Waals surface area (Å²) in [6.07, 6.45) is 0.0570. The van der Waals surface area contributed by atoms with Gasteiger partial charge in [0.05, 0.1) is 44.0 Å². The summed E-state index contributed by atoms with van der Waals surface area (Å²) in [6.45, 7) is 5.37. The molecule has 1 aliphatic rings. The van der Waals surface area contributed by atoms with Gasteiger partial charge >= 0.3 is 17.9 Å². The van der Waals surface area contributed by atoms with E-state index in [0.29, 0.717) is 38.0 Å². The fraction of sp³-hybridized carbons (Fsp3) is 0.371. The van der Waals surface area contributed by atoms with E-state index in [1.165, 1.54) is 38.0 Å². The second-order valence-corrected chi connectivity index (χ2v) is 12.7. The molecule has 0 saturated heterocycles. The minimum Gasteiger partial charge on any atom is -0.496 e. The van der Waals surface area contributed by atoms with Crippen LogP contribution in [0.2, 0.25) is 0 Å². The summed E-state index contributed by atoms with van der Waals surface area (Å²) in [4.78, 5) is 55.4. The van der Waals surface area contributed by atoms with E-state index >= 15 is 0 Å². The van der Waals surface area contributed by atoms with Gasteiger partial charge in [-0.3, -0.25) is 19.3 Å². The Balaban J connectivity index is 1.89. The summed E-state index contributed by atoms with van der Waals surface area (Å²) in [5, 5.41) is 0. The maximum absolute atomic E-state index is 14.1. The van der Waals surface area contributed by atoms with Crippen LogP contribution in [0.15, 0.2) is 58.3 Å². The van der Waals surface area contributed by atoms with E-state index in [4.69, 9.17) is 29.4 Å². The molecule has 0 fully saturated rings. The lowest BCUT2D eigenvalue weighted by atomic mass is 10.0. The maximum atomic E-state index is 14.1. The van der Waals surface area contributed by atoms with Gasteiger partial charge in [-0.05, 0) is 56.5 Å². The number of carbonyl (C=O) groups is 4. The predicted molar refractivity (Wildman–Crippen MR) is 176 cm³/mol. The third-order valence-electron chi connectivity index (χ3n) is 7.24. The SMILES string of the molecule is COC(=O)CCCC(=O)N1c2ccc(OC)c(C(=O)OC(C)(C)C)c2Sc2c(CC(=O)OCc3ccccc3)c(OC)cc(CN)c21. The van der Waals surface area contributed by atoms with E-state index in [1.807, 2.05) is 30.3 Å². The van der Waals surface area contributed by atoms with Gasteiger partial charge in [-0.2, -0.15) is 0 Å². The summed E-state index contributed by atoms with van der Waals surface area (Å²) in [5.74, 6) is -1.33. The summed E-state index contributed by atoms with van der Waals surface area (Å²) >= 11 is 1.20. The molecule has 11 nitrogen and oxygen atoms in total. The number of hydrogen-bond donors (Lipinski definition) is 1. The van der Waals surface area contributed by atoms with Crippen LogP contribution in [0.4, 0.5) is 11.4 Å². The highest BCUT2D eigenvalue weighted by Crippen LogP contribution is 2.56. The molecule has 0 atom stereocenters. The van der Waals surface area contributed by atoms with E-state index < -0.39 is 23.5 Å². The third-order valence-corrected chi connectivity index (χ3v) is 8.50. The first-order valence-corrected chi connectivity index (χ1v) is 15.9. The molecule has 12 heteroatoms. The topological polar surface area (TPSA) is 144 Å². The number of nitrogens with two attached hydrogens (primary N) is 1. The molecule has 1 heterocycles. The number of fused-ring (bicyclic) bond motifs is 2. The number of methoxy groups -OCH3 is 3. The van der Waals surface area contributed by atoms with Gasteiger partial charge in [0, 0.05) is 29.8 Å². The number of nitrogens with zero attached hydrogens (tertiary/aromatic N) is 1. The molecule has 0 saturated carbocycles. The molecule has 3 aromatic rings. The van der Waals surface area contributed by atoms with E-state index in [-0.39, 0.29) is 56.1 Å². The first-order valence-electron chi connectivity index (χ1n) is 15.1. The van der Waals surface area contributed by atoms with Crippen molar-refractivity contribution in [2.75, 3.05) is 26.2 Å². The fourth-order valence-electron chi connectivity index (χ4n) is 5.11. The van der Waals surface area contributed by atoms with Gasteiger partial charge in [0.1, 0.15) is 29.3 Å². The van der Waals surface area contributed by atoms with Gasteiger partial charge in [0.2, 0.25) is 5.91 Å². The Kier molecular flexibility index (Phi) is 11.5. The fourth-order valence-corrected chi connectivity index (χ4v) is 6.48.